The van der Waals surface area contributed by atoms with Gasteiger partial charge in [0.25, 0.3) is 0 Å². The second-order valence-electron chi connectivity index (χ2n) is 9.14. The maximum atomic E-state index is 6.79. The highest BCUT2D eigenvalue weighted by atomic mass is 16.5. The number of likely N-dealkylation sites (tertiary alicyclic amines) is 1. The molecular formula is C25H39N5O2. The van der Waals surface area contributed by atoms with Gasteiger partial charge < -0.3 is 36.1 Å². The first kappa shape index (κ1) is 23.0. The van der Waals surface area contributed by atoms with Crippen LogP contribution >= 0.6 is 0 Å². The van der Waals surface area contributed by atoms with Gasteiger partial charge >= 0.3 is 0 Å². The van der Waals surface area contributed by atoms with Gasteiger partial charge in [-0.1, -0.05) is 6.07 Å². The van der Waals surface area contributed by atoms with E-state index in [2.05, 4.69) is 26.9 Å². The maximum Gasteiger partial charge on any atom is 0.161 e. The third-order valence-electron chi connectivity index (χ3n) is 6.74. The minimum absolute atomic E-state index is 0.667. The predicted octanol–water partition coefficient (Wildman–Crippen LogP) is 2.26. The predicted molar refractivity (Wildman–Crippen MR) is 129 cm³/mol. The molecular weight excluding hydrogens is 402 g/mol. The molecule has 0 radical (unpaired) electrons. The zero-order valence-corrected chi connectivity index (χ0v) is 19.4. The first-order chi connectivity index (χ1) is 15.7. The Morgan fingerprint density at radius 3 is 2.78 bits per heavy atom. The highest BCUT2D eigenvalue weighted by Crippen LogP contribution is 2.32. The number of nitrogens with zero attached hydrogens (tertiary/aromatic N) is 1. The van der Waals surface area contributed by atoms with Crippen molar-refractivity contribution in [2.24, 2.45) is 11.7 Å². The Hall–Kier alpha value is -2.22. The third-order valence-corrected chi connectivity index (χ3v) is 6.74. The zero-order valence-electron chi connectivity index (χ0n) is 19.4. The van der Waals surface area contributed by atoms with Gasteiger partial charge in [0, 0.05) is 25.0 Å². The number of nitrogens with one attached hydrogen (secondary N) is 3. The Bertz CT molecular complexity index is 800. The zero-order chi connectivity index (χ0) is 22.2. The molecule has 2 fully saturated rings. The maximum absolute atomic E-state index is 6.79. The number of benzene rings is 1. The van der Waals surface area contributed by atoms with E-state index >= 15 is 0 Å². The van der Waals surface area contributed by atoms with Crippen molar-refractivity contribution in [2.75, 3.05) is 53.0 Å². The average molecular weight is 442 g/mol. The molecule has 0 aromatic heterocycles. The van der Waals surface area contributed by atoms with Gasteiger partial charge in [0.05, 0.1) is 13.7 Å². The Balaban J connectivity index is 1.38. The number of nitrogens with two attached hydrogens (primary N) is 1. The fourth-order valence-electron chi connectivity index (χ4n) is 4.75. The van der Waals surface area contributed by atoms with Crippen molar-refractivity contribution in [1.29, 1.82) is 0 Å². The number of allylic oxidation sites excluding steroid dienone is 1. The lowest BCUT2D eigenvalue weighted by atomic mass is 9.95. The van der Waals surface area contributed by atoms with Gasteiger partial charge in [-0.3, -0.25) is 0 Å². The minimum Gasteiger partial charge on any atom is -0.493 e. The summed E-state index contributed by atoms with van der Waals surface area (Å²) in [4.78, 5) is 2.51. The van der Waals surface area contributed by atoms with Crippen LogP contribution in [0.3, 0.4) is 0 Å². The second kappa shape index (κ2) is 11.1. The summed E-state index contributed by atoms with van der Waals surface area (Å²) >= 11 is 0. The van der Waals surface area contributed by atoms with Crippen molar-refractivity contribution in [3.63, 3.8) is 0 Å². The number of dihydropyridines is 1. The number of hydrogen-bond acceptors (Lipinski definition) is 7. The van der Waals surface area contributed by atoms with E-state index in [1.807, 2.05) is 30.5 Å². The molecule has 32 heavy (non-hydrogen) atoms. The molecule has 7 heteroatoms. The number of piperidine rings is 1. The molecule has 1 aromatic rings. The van der Waals surface area contributed by atoms with E-state index < -0.39 is 5.66 Å². The first-order valence-corrected chi connectivity index (χ1v) is 12.1. The van der Waals surface area contributed by atoms with Gasteiger partial charge in [0.15, 0.2) is 11.5 Å². The van der Waals surface area contributed by atoms with E-state index in [4.69, 9.17) is 15.2 Å². The van der Waals surface area contributed by atoms with Gasteiger partial charge in [-0.25, -0.2) is 0 Å². The second-order valence-corrected chi connectivity index (χ2v) is 9.14. The molecule has 0 bridgehead atoms. The molecule has 2 saturated heterocycles. The minimum atomic E-state index is -0.800. The van der Waals surface area contributed by atoms with E-state index in [0.29, 0.717) is 12.5 Å². The van der Waals surface area contributed by atoms with E-state index in [-0.39, 0.29) is 0 Å². The topological polar surface area (TPSA) is 83.8 Å². The van der Waals surface area contributed by atoms with Crippen LogP contribution < -0.4 is 31.2 Å². The summed E-state index contributed by atoms with van der Waals surface area (Å²) in [6.45, 7) is 7.38. The molecule has 5 N–H and O–H groups in total. The largest absolute Gasteiger partial charge is 0.493 e. The van der Waals surface area contributed by atoms with Crippen molar-refractivity contribution in [3.05, 3.63) is 47.8 Å². The Morgan fingerprint density at radius 1 is 1.19 bits per heavy atom. The Labute approximate surface area is 192 Å². The molecule has 3 heterocycles. The molecule has 1 unspecified atom stereocenters. The van der Waals surface area contributed by atoms with Crippen molar-refractivity contribution in [1.82, 2.24) is 20.9 Å². The molecule has 0 aliphatic carbocycles. The van der Waals surface area contributed by atoms with Gasteiger partial charge in [0.1, 0.15) is 5.66 Å². The molecule has 0 saturated carbocycles. The quantitative estimate of drug-likeness (QED) is 0.415. The first-order valence-electron chi connectivity index (χ1n) is 12.1. The lowest BCUT2D eigenvalue weighted by molar-refractivity contribution is 0.253. The van der Waals surface area contributed by atoms with E-state index in [1.165, 1.54) is 38.8 Å². The van der Waals surface area contributed by atoms with Crippen LogP contribution in [0.5, 0.6) is 11.5 Å². The summed E-state index contributed by atoms with van der Waals surface area (Å²) in [5, 5.41) is 10.3. The Morgan fingerprint density at radius 2 is 2.00 bits per heavy atom. The molecule has 7 nitrogen and oxygen atoms in total. The number of methoxy groups -OCH3 is 1. The van der Waals surface area contributed by atoms with Crippen LogP contribution in [-0.4, -0.2) is 57.9 Å². The molecule has 0 amide bonds. The fourth-order valence-corrected chi connectivity index (χ4v) is 4.75. The molecule has 3 aliphatic rings. The van der Waals surface area contributed by atoms with E-state index in [0.717, 1.165) is 55.4 Å². The van der Waals surface area contributed by atoms with Crippen molar-refractivity contribution >= 4 is 0 Å². The van der Waals surface area contributed by atoms with Crippen molar-refractivity contribution in [2.45, 2.75) is 37.8 Å². The standard InChI is InChI=1S/C25H39N5O2/c1-31-23-6-5-21(17-24(23)32-16-4-15-30-13-2-3-14-30)25(26)18-22(9-12-29-25)28-19-20-7-10-27-11-8-20/h5-6,9,12,17-18,20,27-29H,2-4,7-8,10-11,13-16,19,26H2,1H3. The van der Waals surface area contributed by atoms with Crippen LogP contribution in [-0.2, 0) is 5.66 Å². The third kappa shape index (κ3) is 5.97. The normalized spacial score (nSPS) is 24.1. The van der Waals surface area contributed by atoms with E-state index in [9.17, 15) is 0 Å². The highest BCUT2D eigenvalue weighted by molar-refractivity contribution is 5.47. The lowest BCUT2D eigenvalue weighted by Gasteiger charge is -2.32. The van der Waals surface area contributed by atoms with Gasteiger partial charge in [-0.15, -0.1) is 0 Å². The van der Waals surface area contributed by atoms with Crippen LogP contribution in [0.15, 0.2) is 42.2 Å². The van der Waals surface area contributed by atoms with Gasteiger partial charge in [0.2, 0.25) is 0 Å². The molecule has 1 aromatic carbocycles. The highest BCUT2D eigenvalue weighted by Gasteiger charge is 2.27. The summed E-state index contributed by atoms with van der Waals surface area (Å²) in [5.74, 6) is 2.18. The van der Waals surface area contributed by atoms with Crippen LogP contribution in [0.2, 0.25) is 0 Å². The molecule has 176 valence electrons. The van der Waals surface area contributed by atoms with Crippen molar-refractivity contribution < 1.29 is 9.47 Å². The molecule has 1 atom stereocenters. The molecule has 0 spiro atoms. The summed E-state index contributed by atoms with van der Waals surface area (Å²) in [6.07, 6.45) is 12.1. The van der Waals surface area contributed by atoms with Crippen LogP contribution in [0.4, 0.5) is 0 Å². The number of hydrogen-bond donors (Lipinski definition) is 4. The SMILES string of the molecule is COc1ccc(C2(N)C=C(NCC3CCNCC3)C=CN2)cc1OCCCN1CCCC1. The van der Waals surface area contributed by atoms with Gasteiger partial charge in [-0.05, 0) is 94.0 Å². The van der Waals surface area contributed by atoms with Gasteiger partial charge in [-0.2, -0.15) is 0 Å². The molecule has 3 aliphatic heterocycles. The summed E-state index contributed by atoms with van der Waals surface area (Å²) in [5.41, 5.74) is 7.98. The fraction of sp³-hybridized carbons (Fsp3) is 0.600. The summed E-state index contributed by atoms with van der Waals surface area (Å²) < 4.78 is 11.7. The van der Waals surface area contributed by atoms with E-state index in [1.54, 1.807) is 7.11 Å². The number of ether oxygens (including phenoxy) is 2. The number of rotatable bonds is 10. The average Bonchev–Trinajstić information content (AvgIpc) is 3.35. The Kier molecular flexibility index (Phi) is 7.95. The van der Waals surface area contributed by atoms with Crippen LogP contribution in [0, 0.1) is 5.92 Å². The van der Waals surface area contributed by atoms with Crippen LogP contribution in [0.1, 0.15) is 37.7 Å². The lowest BCUT2D eigenvalue weighted by Crippen LogP contribution is -2.48. The summed E-state index contributed by atoms with van der Waals surface area (Å²) in [7, 11) is 1.68. The van der Waals surface area contributed by atoms with Crippen molar-refractivity contribution in [3.8, 4) is 11.5 Å². The molecule has 4 rings (SSSR count). The smallest absolute Gasteiger partial charge is 0.161 e. The van der Waals surface area contributed by atoms with Crippen LogP contribution in [0.25, 0.3) is 0 Å². The monoisotopic (exact) mass is 441 g/mol. The summed E-state index contributed by atoms with van der Waals surface area (Å²) in [6, 6.07) is 5.94.